The summed E-state index contributed by atoms with van der Waals surface area (Å²) in [5, 5.41) is 3.41. The van der Waals surface area contributed by atoms with E-state index in [-0.39, 0.29) is 0 Å². The quantitative estimate of drug-likeness (QED) is 0.548. The van der Waals surface area contributed by atoms with Gasteiger partial charge in [0.15, 0.2) is 0 Å². The van der Waals surface area contributed by atoms with Crippen molar-refractivity contribution in [1.82, 2.24) is 5.32 Å². The van der Waals surface area contributed by atoms with Crippen LogP contribution in [0.25, 0.3) is 0 Å². The molecule has 2 nitrogen and oxygen atoms in total. The summed E-state index contributed by atoms with van der Waals surface area (Å²) in [5.74, 6) is 3.60. The maximum Gasteiger partial charge on any atom is 0.119 e. The molecule has 0 atom stereocenters. The third-order valence-electron chi connectivity index (χ3n) is 2.46. The fourth-order valence-electron chi connectivity index (χ4n) is 1.62. The lowest BCUT2D eigenvalue weighted by Gasteiger charge is -2.07. The number of terminal acetylenes is 1. The van der Waals surface area contributed by atoms with E-state index in [4.69, 9.17) is 11.2 Å². The molecule has 0 aliphatic carbocycles. The van der Waals surface area contributed by atoms with Crippen molar-refractivity contribution in [3.05, 3.63) is 29.8 Å². The minimum Gasteiger partial charge on any atom is -0.494 e. The van der Waals surface area contributed by atoms with Crippen molar-refractivity contribution in [2.75, 3.05) is 13.2 Å². The number of benzene rings is 1. The second kappa shape index (κ2) is 8.66. The van der Waals surface area contributed by atoms with E-state index in [1.807, 2.05) is 19.1 Å². The summed E-state index contributed by atoms with van der Waals surface area (Å²) in [5.41, 5.74) is 1.26. The summed E-state index contributed by atoms with van der Waals surface area (Å²) in [7, 11) is 0. The molecule has 0 saturated heterocycles. The van der Waals surface area contributed by atoms with E-state index in [1.165, 1.54) is 5.56 Å². The summed E-state index contributed by atoms with van der Waals surface area (Å²) >= 11 is 0. The van der Waals surface area contributed by atoms with Crippen molar-refractivity contribution in [3.8, 4) is 18.1 Å². The monoisotopic (exact) mass is 231 g/mol. The highest BCUT2D eigenvalue weighted by Crippen LogP contribution is 2.12. The molecule has 1 aromatic carbocycles. The van der Waals surface area contributed by atoms with Crippen molar-refractivity contribution < 1.29 is 4.74 Å². The summed E-state index contributed by atoms with van der Waals surface area (Å²) in [4.78, 5) is 0. The second-order valence-corrected chi connectivity index (χ2v) is 3.92. The Morgan fingerprint density at radius 1 is 1.35 bits per heavy atom. The number of ether oxygens (including phenoxy) is 1. The molecule has 1 N–H and O–H groups in total. The van der Waals surface area contributed by atoms with Gasteiger partial charge < -0.3 is 10.1 Å². The Labute approximate surface area is 104 Å². The maximum atomic E-state index is 5.46. The van der Waals surface area contributed by atoms with Crippen LogP contribution >= 0.6 is 0 Å². The number of hydrogen-bond acceptors (Lipinski definition) is 2. The molecule has 2 heteroatoms. The van der Waals surface area contributed by atoms with E-state index in [0.29, 0.717) is 6.61 Å². The Morgan fingerprint density at radius 3 is 3.00 bits per heavy atom. The van der Waals surface area contributed by atoms with E-state index in [2.05, 4.69) is 23.4 Å². The molecule has 0 radical (unpaired) electrons. The van der Waals surface area contributed by atoms with Crippen LogP contribution in [0.4, 0.5) is 0 Å². The minimum absolute atomic E-state index is 0.711. The number of nitrogens with one attached hydrogen (secondary N) is 1. The third kappa shape index (κ3) is 5.99. The Bertz CT molecular complexity index is 354. The average Bonchev–Trinajstić information content (AvgIpc) is 2.35. The molecular formula is C15H21NO. The van der Waals surface area contributed by atoms with Crippen LogP contribution in [-0.2, 0) is 6.54 Å². The Hall–Kier alpha value is -1.46. The lowest BCUT2D eigenvalue weighted by Crippen LogP contribution is -2.14. The molecule has 0 aliphatic rings. The van der Waals surface area contributed by atoms with Crippen molar-refractivity contribution in [2.24, 2.45) is 0 Å². The number of hydrogen-bond donors (Lipinski definition) is 1. The normalized spacial score (nSPS) is 9.88. The van der Waals surface area contributed by atoms with Crippen LogP contribution in [0.3, 0.4) is 0 Å². The van der Waals surface area contributed by atoms with Gasteiger partial charge in [-0.15, -0.1) is 12.3 Å². The highest BCUT2D eigenvalue weighted by molar-refractivity contribution is 5.28. The molecule has 0 heterocycles. The molecular weight excluding hydrogens is 210 g/mol. The lowest BCUT2D eigenvalue weighted by atomic mass is 10.2. The van der Waals surface area contributed by atoms with Crippen LogP contribution in [0.2, 0.25) is 0 Å². The van der Waals surface area contributed by atoms with E-state index < -0.39 is 0 Å². The van der Waals surface area contributed by atoms with Gasteiger partial charge in [-0.25, -0.2) is 0 Å². The van der Waals surface area contributed by atoms with Gasteiger partial charge in [-0.2, -0.15) is 0 Å². The first-order valence-corrected chi connectivity index (χ1v) is 6.22. The summed E-state index contributed by atoms with van der Waals surface area (Å²) in [6.07, 6.45) is 8.31. The van der Waals surface area contributed by atoms with Gasteiger partial charge >= 0.3 is 0 Å². The Morgan fingerprint density at radius 2 is 2.24 bits per heavy atom. The zero-order chi connectivity index (χ0) is 12.3. The Kier molecular flexibility index (Phi) is 6.93. The first kappa shape index (κ1) is 13.6. The minimum atomic E-state index is 0.711. The van der Waals surface area contributed by atoms with E-state index >= 15 is 0 Å². The zero-order valence-electron chi connectivity index (χ0n) is 10.5. The van der Waals surface area contributed by atoms with Crippen LogP contribution in [0.5, 0.6) is 5.75 Å². The van der Waals surface area contributed by atoms with Crippen LogP contribution in [0.1, 0.15) is 31.7 Å². The largest absolute Gasteiger partial charge is 0.494 e. The highest BCUT2D eigenvalue weighted by Gasteiger charge is 1.96. The smallest absolute Gasteiger partial charge is 0.119 e. The topological polar surface area (TPSA) is 21.3 Å². The van der Waals surface area contributed by atoms with E-state index in [1.54, 1.807) is 0 Å². The van der Waals surface area contributed by atoms with Gasteiger partial charge in [0.05, 0.1) is 6.61 Å². The van der Waals surface area contributed by atoms with Crippen molar-refractivity contribution in [2.45, 2.75) is 32.7 Å². The molecule has 92 valence electrons. The standard InChI is InChI=1S/C15H21NO/c1-3-5-6-7-11-16-13-14-9-8-10-15(12-14)17-4-2/h1,8-10,12,16H,4-7,11,13H2,2H3. The fraction of sp³-hybridized carbons (Fsp3) is 0.467. The summed E-state index contributed by atoms with van der Waals surface area (Å²) in [6, 6.07) is 8.20. The molecule has 17 heavy (non-hydrogen) atoms. The average molecular weight is 231 g/mol. The van der Waals surface area contributed by atoms with Crippen LogP contribution in [-0.4, -0.2) is 13.2 Å². The fourth-order valence-corrected chi connectivity index (χ4v) is 1.62. The van der Waals surface area contributed by atoms with Crippen LogP contribution < -0.4 is 10.1 Å². The summed E-state index contributed by atoms with van der Waals surface area (Å²) in [6.45, 7) is 4.61. The Balaban J connectivity index is 2.22. The van der Waals surface area contributed by atoms with Crippen molar-refractivity contribution >= 4 is 0 Å². The first-order valence-electron chi connectivity index (χ1n) is 6.22. The van der Waals surface area contributed by atoms with Gasteiger partial charge in [-0.3, -0.25) is 0 Å². The third-order valence-corrected chi connectivity index (χ3v) is 2.46. The van der Waals surface area contributed by atoms with Gasteiger partial charge in [-0.05, 0) is 44.0 Å². The molecule has 0 bridgehead atoms. The molecule has 0 amide bonds. The van der Waals surface area contributed by atoms with E-state index in [9.17, 15) is 0 Å². The van der Waals surface area contributed by atoms with Crippen molar-refractivity contribution in [1.29, 1.82) is 0 Å². The van der Waals surface area contributed by atoms with Crippen LogP contribution in [0, 0.1) is 12.3 Å². The molecule has 1 rings (SSSR count). The molecule has 1 aromatic rings. The maximum absolute atomic E-state index is 5.46. The van der Waals surface area contributed by atoms with Gasteiger partial charge in [-0.1, -0.05) is 12.1 Å². The molecule has 0 fully saturated rings. The predicted molar refractivity (Wildman–Crippen MR) is 72.0 cm³/mol. The summed E-state index contributed by atoms with van der Waals surface area (Å²) < 4.78 is 5.46. The highest BCUT2D eigenvalue weighted by atomic mass is 16.5. The predicted octanol–water partition coefficient (Wildman–Crippen LogP) is 2.98. The van der Waals surface area contributed by atoms with Gasteiger partial charge in [0.1, 0.15) is 5.75 Å². The SMILES string of the molecule is C#CCCCCNCc1cccc(OCC)c1. The van der Waals surface area contributed by atoms with E-state index in [0.717, 1.165) is 38.1 Å². The molecule has 0 aliphatic heterocycles. The van der Waals surface area contributed by atoms with Gasteiger partial charge in [0.25, 0.3) is 0 Å². The zero-order valence-corrected chi connectivity index (χ0v) is 10.5. The van der Waals surface area contributed by atoms with Crippen molar-refractivity contribution in [3.63, 3.8) is 0 Å². The molecule has 0 saturated carbocycles. The number of unbranched alkanes of at least 4 members (excludes halogenated alkanes) is 2. The van der Waals surface area contributed by atoms with Crippen LogP contribution in [0.15, 0.2) is 24.3 Å². The van der Waals surface area contributed by atoms with Gasteiger partial charge in [0, 0.05) is 13.0 Å². The molecule has 0 unspecified atom stereocenters. The van der Waals surface area contributed by atoms with Gasteiger partial charge in [0.2, 0.25) is 0 Å². The molecule has 0 spiro atoms. The number of rotatable bonds is 8. The lowest BCUT2D eigenvalue weighted by molar-refractivity contribution is 0.340. The molecule has 0 aromatic heterocycles. The second-order valence-electron chi connectivity index (χ2n) is 3.92. The first-order chi connectivity index (χ1) is 8.36.